The molecule has 2 aliphatic rings. The van der Waals surface area contributed by atoms with Gasteiger partial charge < -0.3 is 19.4 Å². The predicted molar refractivity (Wildman–Crippen MR) is 123 cm³/mol. The molecule has 2 heterocycles. The number of likely N-dealkylation sites (N-methyl/N-ethyl adjacent to an activating group) is 1. The molecule has 0 unspecified atom stereocenters. The number of hydrogen-bond donors (Lipinski definition) is 0. The first-order valence-corrected chi connectivity index (χ1v) is 11.2. The molecule has 2 aliphatic heterocycles. The molecule has 0 atom stereocenters. The summed E-state index contributed by atoms with van der Waals surface area (Å²) in [5, 5.41) is 0. The lowest BCUT2D eigenvalue weighted by molar-refractivity contribution is -0.132. The number of ether oxygens (including phenoxy) is 1. The van der Waals surface area contributed by atoms with Gasteiger partial charge in [0.05, 0.1) is 0 Å². The number of hydrogen-bond acceptors (Lipinski definition) is 4. The summed E-state index contributed by atoms with van der Waals surface area (Å²) in [6, 6.07) is 15.9. The maximum Gasteiger partial charge on any atom is 0.260 e. The van der Waals surface area contributed by atoms with E-state index >= 15 is 0 Å². The molecule has 6 nitrogen and oxygen atoms in total. The number of piperidine rings is 1. The topological polar surface area (TPSA) is 53.1 Å². The highest BCUT2D eigenvalue weighted by atomic mass is 16.5. The first kappa shape index (κ1) is 21.2. The summed E-state index contributed by atoms with van der Waals surface area (Å²) in [7, 11) is 1.80. The molecule has 0 radical (unpaired) electrons. The molecule has 0 N–H and O–H groups in total. The van der Waals surface area contributed by atoms with Crippen LogP contribution in [0.3, 0.4) is 0 Å². The quantitative estimate of drug-likeness (QED) is 0.682. The third-order valence-electron chi connectivity index (χ3n) is 6.07. The van der Waals surface area contributed by atoms with Crippen LogP contribution < -0.4 is 14.5 Å². The van der Waals surface area contributed by atoms with Gasteiger partial charge in [-0.15, -0.1) is 0 Å². The van der Waals surface area contributed by atoms with Gasteiger partial charge in [0.1, 0.15) is 5.75 Å². The van der Waals surface area contributed by atoms with E-state index in [1.165, 1.54) is 24.9 Å². The molecule has 31 heavy (non-hydrogen) atoms. The molecule has 0 saturated carbocycles. The molecule has 2 fully saturated rings. The van der Waals surface area contributed by atoms with Crippen LogP contribution >= 0.6 is 0 Å². The van der Waals surface area contributed by atoms with E-state index in [0.717, 1.165) is 37.3 Å². The van der Waals surface area contributed by atoms with E-state index in [-0.39, 0.29) is 18.4 Å². The second-order valence-electron chi connectivity index (χ2n) is 8.40. The highest BCUT2D eigenvalue weighted by molar-refractivity contribution is 5.95. The molecule has 0 spiro atoms. The van der Waals surface area contributed by atoms with Crippen LogP contribution in [-0.2, 0) is 16.1 Å². The molecule has 2 aromatic carbocycles. The highest BCUT2D eigenvalue weighted by Gasteiger charge is 2.22. The van der Waals surface area contributed by atoms with Crippen LogP contribution in [0.25, 0.3) is 0 Å². The van der Waals surface area contributed by atoms with E-state index < -0.39 is 0 Å². The Kier molecular flexibility index (Phi) is 6.75. The van der Waals surface area contributed by atoms with Crippen LogP contribution in [0.4, 0.5) is 11.4 Å². The third kappa shape index (κ3) is 5.37. The summed E-state index contributed by atoms with van der Waals surface area (Å²) >= 11 is 0. The fourth-order valence-electron chi connectivity index (χ4n) is 4.24. The van der Waals surface area contributed by atoms with Crippen molar-refractivity contribution in [3.05, 3.63) is 54.1 Å². The van der Waals surface area contributed by atoms with Crippen molar-refractivity contribution in [1.82, 2.24) is 4.90 Å². The average molecular weight is 422 g/mol. The number of carbonyl (C=O) groups is 2. The fraction of sp³-hybridized carbons (Fsp3) is 0.440. The molecule has 2 saturated heterocycles. The number of carbonyl (C=O) groups excluding carboxylic acids is 2. The summed E-state index contributed by atoms with van der Waals surface area (Å²) in [6.45, 7) is 3.51. The SMILES string of the molecule is CN(Cc1ccc(N2CCCCC2)cc1)C(=O)COc1cccc(N2CCCC2=O)c1. The van der Waals surface area contributed by atoms with Crippen molar-refractivity contribution in [2.45, 2.75) is 38.6 Å². The molecule has 0 aromatic heterocycles. The van der Waals surface area contributed by atoms with Crippen molar-refractivity contribution >= 4 is 23.2 Å². The highest BCUT2D eigenvalue weighted by Crippen LogP contribution is 2.25. The molecule has 6 heteroatoms. The first-order chi connectivity index (χ1) is 15.1. The Bertz CT molecular complexity index is 906. The van der Waals surface area contributed by atoms with Crippen LogP contribution in [0, 0.1) is 0 Å². The summed E-state index contributed by atoms with van der Waals surface area (Å²) < 4.78 is 5.72. The Morgan fingerprint density at radius 1 is 0.968 bits per heavy atom. The zero-order chi connectivity index (χ0) is 21.6. The second kappa shape index (κ2) is 9.86. The minimum atomic E-state index is -0.0808. The van der Waals surface area contributed by atoms with Crippen LogP contribution in [0.5, 0.6) is 5.75 Å². The van der Waals surface area contributed by atoms with E-state index in [9.17, 15) is 9.59 Å². The van der Waals surface area contributed by atoms with Crippen LogP contribution in [0.15, 0.2) is 48.5 Å². The van der Waals surface area contributed by atoms with Gasteiger partial charge in [-0.2, -0.15) is 0 Å². The maximum absolute atomic E-state index is 12.6. The standard InChI is InChI=1S/C25H31N3O3/c1-26(18-20-10-12-21(13-11-20)27-14-3-2-4-15-27)25(30)19-31-23-8-5-7-22(17-23)28-16-6-9-24(28)29/h5,7-8,10-13,17H,2-4,6,9,14-16,18-19H2,1H3. The van der Waals surface area contributed by atoms with Gasteiger partial charge in [-0.05, 0) is 55.5 Å². The van der Waals surface area contributed by atoms with Crippen molar-refractivity contribution < 1.29 is 14.3 Å². The Morgan fingerprint density at radius 2 is 1.74 bits per heavy atom. The first-order valence-electron chi connectivity index (χ1n) is 11.2. The van der Waals surface area contributed by atoms with Gasteiger partial charge in [0, 0.05) is 57.1 Å². The van der Waals surface area contributed by atoms with Crippen molar-refractivity contribution in [3.8, 4) is 5.75 Å². The molecule has 0 bridgehead atoms. The normalized spacial score (nSPS) is 16.5. The van der Waals surface area contributed by atoms with E-state index in [2.05, 4.69) is 29.2 Å². The predicted octanol–water partition coefficient (Wildman–Crippen LogP) is 3.84. The summed E-state index contributed by atoms with van der Waals surface area (Å²) in [4.78, 5) is 30.4. The van der Waals surface area contributed by atoms with Gasteiger partial charge in [-0.1, -0.05) is 18.2 Å². The number of amides is 2. The minimum Gasteiger partial charge on any atom is -0.484 e. The van der Waals surface area contributed by atoms with E-state index in [0.29, 0.717) is 18.7 Å². The Labute approximate surface area is 184 Å². The van der Waals surface area contributed by atoms with Crippen molar-refractivity contribution in [2.24, 2.45) is 0 Å². The largest absolute Gasteiger partial charge is 0.484 e. The monoisotopic (exact) mass is 421 g/mol. The lowest BCUT2D eigenvalue weighted by atomic mass is 10.1. The molecule has 4 rings (SSSR count). The van der Waals surface area contributed by atoms with Gasteiger partial charge in [-0.3, -0.25) is 9.59 Å². The van der Waals surface area contributed by atoms with Gasteiger partial charge >= 0.3 is 0 Å². The molecule has 0 aliphatic carbocycles. The minimum absolute atomic E-state index is 0.0280. The lowest BCUT2D eigenvalue weighted by Crippen LogP contribution is -2.31. The average Bonchev–Trinajstić information content (AvgIpc) is 3.24. The van der Waals surface area contributed by atoms with E-state index in [4.69, 9.17) is 4.74 Å². The molecule has 2 aromatic rings. The number of rotatable bonds is 7. The zero-order valence-electron chi connectivity index (χ0n) is 18.3. The molecule has 2 amide bonds. The van der Waals surface area contributed by atoms with Crippen molar-refractivity contribution in [1.29, 1.82) is 0 Å². The Morgan fingerprint density at radius 3 is 2.45 bits per heavy atom. The number of benzene rings is 2. The second-order valence-corrected chi connectivity index (χ2v) is 8.40. The van der Waals surface area contributed by atoms with E-state index in [1.807, 2.05) is 24.3 Å². The molecular formula is C25H31N3O3. The summed E-state index contributed by atoms with van der Waals surface area (Å²) in [5.41, 5.74) is 3.19. The molecule has 164 valence electrons. The molecular weight excluding hydrogens is 390 g/mol. The van der Waals surface area contributed by atoms with Crippen LogP contribution in [0.1, 0.15) is 37.7 Å². The Hall–Kier alpha value is -3.02. The van der Waals surface area contributed by atoms with Gasteiger partial charge in [0.2, 0.25) is 5.91 Å². The van der Waals surface area contributed by atoms with E-state index in [1.54, 1.807) is 16.8 Å². The fourth-order valence-corrected chi connectivity index (χ4v) is 4.24. The van der Waals surface area contributed by atoms with Gasteiger partial charge in [0.25, 0.3) is 5.91 Å². The van der Waals surface area contributed by atoms with Gasteiger partial charge in [-0.25, -0.2) is 0 Å². The van der Waals surface area contributed by atoms with Crippen molar-refractivity contribution in [2.75, 3.05) is 43.1 Å². The maximum atomic E-state index is 12.6. The summed E-state index contributed by atoms with van der Waals surface area (Å²) in [6.07, 6.45) is 5.32. The van der Waals surface area contributed by atoms with Crippen LogP contribution in [-0.4, -0.2) is 50.0 Å². The third-order valence-corrected chi connectivity index (χ3v) is 6.07. The lowest BCUT2D eigenvalue weighted by Gasteiger charge is -2.29. The van der Waals surface area contributed by atoms with Crippen LogP contribution in [0.2, 0.25) is 0 Å². The zero-order valence-corrected chi connectivity index (χ0v) is 18.3. The number of nitrogens with zero attached hydrogens (tertiary/aromatic N) is 3. The Balaban J connectivity index is 1.28. The van der Waals surface area contributed by atoms with Crippen molar-refractivity contribution in [3.63, 3.8) is 0 Å². The van der Waals surface area contributed by atoms with Gasteiger partial charge in [0.15, 0.2) is 6.61 Å². The number of anilines is 2. The smallest absolute Gasteiger partial charge is 0.260 e. The summed E-state index contributed by atoms with van der Waals surface area (Å²) in [5.74, 6) is 0.659.